The van der Waals surface area contributed by atoms with Gasteiger partial charge in [-0.15, -0.1) is 23.1 Å². The van der Waals surface area contributed by atoms with Crippen LogP contribution in [0.25, 0.3) is 6.08 Å². The van der Waals surface area contributed by atoms with Gasteiger partial charge in [-0.25, -0.2) is 0 Å². The van der Waals surface area contributed by atoms with Gasteiger partial charge in [0, 0.05) is 15.5 Å². The van der Waals surface area contributed by atoms with Gasteiger partial charge < -0.3 is 5.32 Å². The highest BCUT2D eigenvalue weighted by atomic mass is 35.5. The van der Waals surface area contributed by atoms with Crippen molar-refractivity contribution in [3.8, 4) is 0 Å². The standard InChI is InChI=1S/C17H16ClNOS2/c1-9-4-5-14(13(18)6-9)19-17(20)16-7-15-12(8-21-16)10(2)11(3)22-15/h4-7H,8H2,1-3H3,(H,19,20). The number of hydrogen-bond donors (Lipinski definition) is 1. The highest BCUT2D eigenvalue weighted by molar-refractivity contribution is 8.03. The lowest BCUT2D eigenvalue weighted by molar-refractivity contribution is -0.112. The maximum absolute atomic E-state index is 12.5. The number of fused-ring (bicyclic) bond motifs is 1. The van der Waals surface area contributed by atoms with Crippen molar-refractivity contribution < 1.29 is 4.79 Å². The fourth-order valence-corrected chi connectivity index (χ4v) is 4.98. The number of hydrogen-bond acceptors (Lipinski definition) is 3. The Hall–Kier alpha value is -1.23. The van der Waals surface area contributed by atoms with Crippen molar-refractivity contribution in [2.24, 2.45) is 0 Å². The molecule has 0 saturated carbocycles. The van der Waals surface area contributed by atoms with Crippen molar-refractivity contribution in [1.29, 1.82) is 0 Å². The number of anilines is 1. The van der Waals surface area contributed by atoms with Gasteiger partial charge in [0.05, 0.1) is 15.6 Å². The Morgan fingerprint density at radius 1 is 1.27 bits per heavy atom. The van der Waals surface area contributed by atoms with E-state index in [0.29, 0.717) is 10.7 Å². The molecule has 1 aromatic carbocycles. The van der Waals surface area contributed by atoms with Crippen molar-refractivity contribution >= 4 is 52.4 Å². The fourth-order valence-electron chi connectivity index (χ4n) is 2.34. The number of rotatable bonds is 2. The molecule has 0 saturated heterocycles. The Morgan fingerprint density at radius 3 is 2.77 bits per heavy atom. The monoisotopic (exact) mass is 349 g/mol. The largest absolute Gasteiger partial charge is 0.320 e. The number of aryl methyl sites for hydroxylation is 2. The van der Waals surface area contributed by atoms with Gasteiger partial charge in [-0.1, -0.05) is 17.7 Å². The van der Waals surface area contributed by atoms with E-state index in [4.69, 9.17) is 11.6 Å². The number of carbonyl (C=O) groups excluding carboxylic acids is 1. The summed E-state index contributed by atoms with van der Waals surface area (Å²) in [6, 6.07) is 5.63. The summed E-state index contributed by atoms with van der Waals surface area (Å²) in [4.78, 5) is 15.7. The lowest BCUT2D eigenvalue weighted by atomic mass is 10.1. The Bertz CT molecular complexity index is 792. The van der Waals surface area contributed by atoms with Gasteiger partial charge in [0.25, 0.3) is 5.91 Å². The molecule has 3 rings (SSSR count). The molecule has 0 atom stereocenters. The smallest absolute Gasteiger partial charge is 0.262 e. The summed E-state index contributed by atoms with van der Waals surface area (Å²) in [5.74, 6) is 0.761. The van der Waals surface area contributed by atoms with Crippen LogP contribution < -0.4 is 5.32 Å². The molecule has 1 aliphatic heterocycles. The molecule has 1 amide bonds. The van der Waals surface area contributed by atoms with Gasteiger partial charge in [0.1, 0.15) is 0 Å². The summed E-state index contributed by atoms with van der Waals surface area (Å²) in [7, 11) is 0. The third-order valence-electron chi connectivity index (χ3n) is 3.77. The number of benzene rings is 1. The molecule has 1 aromatic heterocycles. The Balaban J connectivity index is 1.84. The zero-order valence-electron chi connectivity index (χ0n) is 12.6. The summed E-state index contributed by atoms with van der Waals surface area (Å²) in [6.45, 7) is 6.25. The topological polar surface area (TPSA) is 29.1 Å². The molecule has 0 fully saturated rings. The predicted molar refractivity (Wildman–Crippen MR) is 97.9 cm³/mol. The Labute approximate surface area is 143 Å². The average Bonchev–Trinajstić information content (AvgIpc) is 2.76. The number of thiophene rings is 1. The van der Waals surface area contributed by atoms with Crippen LogP contribution >= 0.6 is 34.7 Å². The SMILES string of the molecule is Cc1ccc(NC(=O)C2=Cc3sc(C)c(C)c3CS2)c(Cl)c1. The van der Waals surface area contributed by atoms with Crippen LogP contribution in [0.3, 0.4) is 0 Å². The predicted octanol–water partition coefficient (Wildman–Crippen LogP) is 5.55. The minimum atomic E-state index is -0.0925. The van der Waals surface area contributed by atoms with E-state index >= 15 is 0 Å². The zero-order chi connectivity index (χ0) is 15.9. The summed E-state index contributed by atoms with van der Waals surface area (Å²) < 4.78 is 0. The summed E-state index contributed by atoms with van der Waals surface area (Å²) in [5.41, 5.74) is 4.44. The van der Waals surface area contributed by atoms with E-state index in [9.17, 15) is 4.79 Å². The molecule has 1 N–H and O–H groups in total. The fraction of sp³-hybridized carbons (Fsp3) is 0.235. The molecule has 2 aromatic rings. The van der Waals surface area contributed by atoms with Crippen molar-refractivity contribution in [3.63, 3.8) is 0 Å². The molecule has 0 aliphatic carbocycles. The number of carbonyl (C=O) groups is 1. The zero-order valence-corrected chi connectivity index (χ0v) is 15.0. The van der Waals surface area contributed by atoms with E-state index in [0.717, 1.165) is 16.2 Å². The van der Waals surface area contributed by atoms with Crippen LogP contribution in [0.1, 0.15) is 26.4 Å². The van der Waals surface area contributed by atoms with Crippen LogP contribution in [-0.2, 0) is 10.5 Å². The molecule has 2 nitrogen and oxygen atoms in total. The molecule has 1 aliphatic rings. The molecule has 2 heterocycles. The van der Waals surface area contributed by atoms with Crippen LogP contribution in [0.4, 0.5) is 5.69 Å². The first-order valence-corrected chi connectivity index (χ1v) is 9.14. The van der Waals surface area contributed by atoms with E-state index < -0.39 is 0 Å². The molecule has 5 heteroatoms. The summed E-state index contributed by atoms with van der Waals surface area (Å²) >= 11 is 9.51. The van der Waals surface area contributed by atoms with E-state index in [-0.39, 0.29) is 5.91 Å². The number of thioether (sulfide) groups is 1. The highest BCUT2D eigenvalue weighted by Crippen LogP contribution is 2.39. The number of nitrogens with one attached hydrogen (secondary N) is 1. The maximum atomic E-state index is 12.5. The number of halogens is 1. The summed E-state index contributed by atoms with van der Waals surface area (Å²) in [6.07, 6.45) is 1.99. The quantitative estimate of drug-likeness (QED) is 0.769. The van der Waals surface area contributed by atoms with Crippen molar-refractivity contribution in [3.05, 3.63) is 54.6 Å². The van der Waals surface area contributed by atoms with Gasteiger partial charge >= 0.3 is 0 Å². The number of amides is 1. The van der Waals surface area contributed by atoms with Crippen LogP contribution in [0.2, 0.25) is 5.02 Å². The van der Waals surface area contributed by atoms with E-state index in [1.807, 2.05) is 31.2 Å². The van der Waals surface area contributed by atoms with E-state index in [1.54, 1.807) is 23.1 Å². The average molecular weight is 350 g/mol. The molecule has 22 heavy (non-hydrogen) atoms. The first kappa shape index (κ1) is 15.7. The maximum Gasteiger partial charge on any atom is 0.262 e. The van der Waals surface area contributed by atoms with E-state index in [2.05, 4.69) is 19.2 Å². The molecular formula is C17H16ClNOS2. The van der Waals surface area contributed by atoms with Crippen LogP contribution in [0.5, 0.6) is 0 Å². The Morgan fingerprint density at radius 2 is 2.05 bits per heavy atom. The van der Waals surface area contributed by atoms with Crippen molar-refractivity contribution in [2.75, 3.05) is 5.32 Å². The lowest BCUT2D eigenvalue weighted by Crippen LogP contribution is -2.14. The molecule has 0 unspecified atom stereocenters. The van der Waals surface area contributed by atoms with E-state index in [1.165, 1.54) is 20.9 Å². The van der Waals surface area contributed by atoms with Crippen LogP contribution in [0.15, 0.2) is 23.1 Å². The second kappa shape index (κ2) is 6.11. The minimum absolute atomic E-state index is 0.0925. The van der Waals surface area contributed by atoms with Crippen molar-refractivity contribution in [1.82, 2.24) is 0 Å². The van der Waals surface area contributed by atoms with Gasteiger partial charge in [-0.05, 0) is 55.7 Å². The van der Waals surface area contributed by atoms with Crippen LogP contribution in [-0.4, -0.2) is 5.91 Å². The molecule has 0 spiro atoms. The highest BCUT2D eigenvalue weighted by Gasteiger charge is 2.21. The summed E-state index contributed by atoms with van der Waals surface area (Å²) in [5, 5.41) is 3.47. The van der Waals surface area contributed by atoms with Gasteiger partial charge in [-0.3, -0.25) is 4.79 Å². The molecule has 114 valence electrons. The van der Waals surface area contributed by atoms with Crippen LogP contribution in [0, 0.1) is 20.8 Å². The first-order chi connectivity index (χ1) is 10.5. The third kappa shape index (κ3) is 2.96. The van der Waals surface area contributed by atoms with Gasteiger partial charge in [-0.2, -0.15) is 0 Å². The van der Waals surface area contributed by atoms with Gasteiger partial charge in [0.15, 0.2) is 0 Å². The molecule has 0 bridgehead atoms. The molecule has 0 radical (unpaired) electrons. The minimum Gasteiger partial charge on any atom is -0.320 e. The second-order valence-electron chi connectivity index (χ2n) is 5.36. The lowest BCUT2D eigenvalue weighted by Gasteiger charge is -2.14. The third-order valence-corrected chi connectivity index (χ3v) is 6.33. The van der Waals surface area contributed by atoms with Crippen molar-refractivity contribution in [2.45, 2.75) is 26.5 Å². The first-order valence-electron chi connectivity index (χ1n) is 6.96. The van der Waals surface area contributed by atoms with Gasteiger partial charge in [0.2, 0.25) is 0 Å². The second-order valence-corrected chi connectivity index (χ2v) is 8.04. The normalized spacial score (nSPS) is 13.5. The molecular weight excluding hydrogens is 334 g/mol. The Kier molecular flexibility index (Phi) is 4.35.